The van der Waals surface area contributed by atoms with Crippen LogP contribution in [0.2, 0.25) is 0 Å². The van der Waals surface area contributed by atoms with E-state index in [0.29, 0.717) is 49.2 Å². The van der Waals surface area contributed by atoms with Gasteiger partial charge in [-0.1, -0.05) is 54.6 Å². The predicted molar refractivity (Wildman–Crippen MR) is 147 cm³/mol. The van der Waals surface area contributed by atoms with E-state index in [1.807, 2.05) is 42.5 Å². The van der Waals surface area contributed by atoms with Crippen LogP contribution in [-0.2, 0) is 28.2 Å². The number of rotatable bonds is 9. The van der Waals surface area contributed by atoms with Gasteiger partial charge in [-0.25, -0.2) is 5.01 Å². The highest BCUT2D eigenvalue weighted by Crippen LogP contribution is 2.46. The van der Waals surface area contributed by atoms with Gasteiger partial charge < -0.3 is 15.1 Å². The number of hydrogen-bond acceptors (Lipinski definition) is 7. The Morgan fingerprint density at radius 3 is 2.69 bits per heavy atom. The first-order valence-corrected chi connectivity index (χ1v) is 13.1. The minimum absolute atomic E-state index is 0.0207. The zero-order valence-electron chi connectivity index (χ0n) is 22.1. The van der Waals surface area contributed by atoms with Gasteiger partial charge in [0.25, 0.3) is 5.91 Å². The van der Waals surface area contributed by atoms with E-state index >= 15 is 0 Å². The van der Waals surface area contributed by atoms with Crippen LogP contribution >= 0.6 is 0 Å². The Kier molecular flexibility index (Phi) is 7.40. The van der Waals surface area contributed by atoms with E-state index in [1.165, 1.54) is 9.91 Å². The molecular formula is C29H32N6O4. The summed E-state index contributed by atoms with van der Waals surface area (Å²) in [6, 6.07) is 15.0. The van der Waals surface area contributed by atoms with Crippen molar-refractivity contribution in [1.82, 2.24) is 15.0 Å². The van der Waals surface area contributed by atoms with Gasteiger partial charge in [-0.2, -0.15) is 5.10 Å². The maximum atomic E-state index is 13.3. The second-order valence-corrected chi connectivity index (χ2v) is 9.90. The van der Waals surface area contributed by atoms with Crippen LogP contribution in [0.25, 0.3) is 0 Å². The third-order valence-electron chi connectivity index (χ3n) is 7.33. The first kappa shape index (κ1) is 26.5. The molecule has 0 unspecified atom stereocenters. The number of benzene rings is 2. The summed E-state index contributed by atoms with van der Waals surface area (Å²) in [5.74, 6) is -1.10. The van der Waals surface area contributed by atoms with Gasteiger partial charge in [0.1, 0.15) is 0 Å². The zero-order chi connectivity index (χ0) is 27.6. The molecule has 3 aromatic rings. The molecule has 2 amide bonds. The van der Waals surface area contributed by atoms with Gasteiger partial charge in [-0.15, -0.1) is 5.10 Å². The van der Waals surface area contributed by atoms with E-state index < -0.39 is 17.4 Å². The predicted octanol–water partition coefficient (Wildman–Crippen LogP) is 2.79. The highest BCUT2D eigenvalue weighted by molar-refractivity contribution is 6.10. The average molecular weight is 529 g/mol. The minimum Gasteiger partial charge on any atom is -0.396 e. The van der Waals surface area contributed by atoms with Gasteiger partial charge >= 0.3 is 0 Å². The number of allylic oxidation sites excluding steroid dienone is 1. The molecule has 0 spiro atoms. The fourth-order valence-corrected chi connectivity index (χ4v) is 5.09. The lowest BCUT2D eigenvalue weighted by Gasteiger charge is -2.28. The van der Waals surface area contributed by atoms with E-state index in [1.54, 1.807) is 43.0 Å². The van der Waals surface area contributed by atoms with Crippen molar-refractivity contribution < 1.29 is 19.8 Å². The van der Waals surface area contributed by atoms with Crippen LogP contribution in [0.3, 0.4) is 0 Å². The van der Waals surface area contributed by atoms with Gasteiger partial charge in [0, 0.05) is 57.1 Å². The van der Waals surface area contributed by atoms with E-state index in [9.17, 15) is 14.7 Å². The summed E-state index contributed by atoms with van der Waals surface area (Å²) in [4.78, 5) is 27.6. The van der Waals surface area contributed by atoms with Crippen molar-refractivity contribution in [1.29, 1.82) is 0 Å². The number of nitrogens with zero attached hydrogens (tertiary/aromatic N) is 6. The lowest BCUT2D eigenvalue weighted by Crippen LogP contribution is -2.43. The average Bonchev–Trinajstić information content (AvgIpc) is 3.48. The summed E-state index contributed by atoms with van der Waals surface area (Å²) in [5, 5.41) is 34.9. The largest absolute Gasteiger partial charge is 0.396 e. The molecule has 2 aliphatic rings. The lowest BCUT2D eigenvalue weighted by molar-refractivity contribution is -0.139. The molecule has 3 heterocycles. The number of carbonyl (C=O) groups is 2. The number of likely N-dealkylation sites (N-methyl/N-ethyl adjacent to an activating group) is 1. The molecule has 1 aromatic heterocycles. The van der Waals surface area contributed by atoms with Crippen molar-refractivity contribution in [2.45, 2.75) is 44.8 Å². The first-order valence-electron chi connectivity index (χ1n) is 13.1. The Balaban J connectivity index is 1.38. The van der Waals surface area contributed by atoms with Crippen LogP contribution in [0.15, 0.2) is 72.0 Å². The molecular weight excluding hydrogens is 496 g/mol. The molecule has 0 saturated carbocycles. The number of aryl methyl sites for hydroxylation is 1. The van der Waals surface area contributed by atoms with Crippen molar-refractivity contribution in [2.75, 3.05) is 23.6 Å². The highest BCUT2D eigenvalue weighted by atomic mass is 16.3. The number of hydrazone groups is 1. The summed E-state index contributed by atoms with van der Waals surface area (Å²) in [5.41, 5.74) is 2.26. The summed E-state index contributed by atoms with van der Waals surface area (Å²) in [6.45, 7) is 2.40. The van der Waals surface area contributed by atoms with Crippen molar-refractivity contribution >= 4 is 28.9 Å². The number of fused-ring (bicyclic) bond motifs is 1. The van der Waals surface area contributed by atoms with Crippen molar-refractivity contribution in [3.63, 3.8) is 0 Å². The Morgan fingerprint density at radius 2 is 1.92 bits per heavy atom. The fourth-order valence-electron chi connectivity index (χ4n) is 5.09. The molecule has 39 heavy (non-hydrogen) atoms. The maximum absolute atomic E-state index is 13.3. The van der Waals surface area contributed by atoms with Crippen LogP contribution in [0.4, 0.5) is 11.4 Å². The Hall–Kier alpha value is -4.15. The molecule has 2 N–H and O–H groups in total. The minimum atomic E-state index is -1.79. The molecule has 10 heteroatoms. The van der Waals surface area contributed by atoms with Gasteiger partial charge in [0.2, 0.25) is 5.91 Å². The number of aliphatic hydroxyl groups is 2. The fraction of sp³-hybridized carbons (Fsp3) is 0.345. The quantitative estimate of drug-likeness (QED) is 0.412. The molecule has 10 nitrogen and oxygen atoms in total. The first-order chi connectivity index (χ1) is 18.8. The van der Waals surface area contributed by atoms with Crippen LogP contribution in [0, 0.1) is 5.92 Å². The molecule has 0 aliphatic carbocycles. The molecule has 5 rings (SSSR count). The highest BCUT2D eigenvalue weighted by Gasteiger charge is 2.51. The molecule has 2 aromatic carbocycles. The van der Waals surface area contributed by atoms with Gasteiger partial charge in [-0.05, 0) is 30.2 Å². The summed E-state index contributed by atoms with van der Waals surface area (Å²) < 4.78 is 1.70. The van der Waals surface area contributed by atoms with Crippen LogP contribution in [-0.4, -0.2) is 56.4 Å². The molecule has 2 aliphatic heterocycles. The lowest BCUT2D eigenvalue weighted by atomic mass is 9.82. The normalized spacial score (nSPS) is 20.1. The van der Waals surface area contributed by atoms with Crippen LogP contribution < -0.4 is 9.91 Å². The zero-order valence-corrected chi connectivity index (χ0v) is 22.1. The van der Waals surface area contributed by atoms with Crippen molar-refractivity contribution in [2.24, 2.45) is 11.0 Å². The molecule has 0 bridgehead atoms. The van der Waals surface area contributed by atoms with Gasteiger partial charge in [0.15, 0.2) is 5.60 Å². The summed E-state index contributed by atoms with van der Waals surface area (Å²) in [7, 11) is 1.64. The number of aliphatic hydroxyl groups excluding tert-OH is 1. The molecule has 0 saturated heterocycles. The second-order valence-electron chi connectivity index (χ2n) is 9.90. The van der Waals surface area contributed by atoms with E-state index in [4.69, 9.17) is 5.11 Å². The molecule has 202 valence electrons. The monoisotopic (exact) mass is 528 g/mol. The van der Waals surface area contributed by atoms with Crippen LogP contribution in [0.5, 0.6) is 0 Å². The number of hydrogen-bond donors (Lipinski definition) is 2. The van der Waals surface area contributed by atoms with Crippen LogP contribution in [0.1, 0.15) is 43.0 Å². The second kappa shape index (κ2) is 10.9. The summed E-state index contributed by atoms with van der Waals surface area (Å²) in [6.07, 6.45) is 7.49. The third-order valence-corrected chi connectivity index (χ3v) is 7.33. The topological polar surface area (TPSA) is 124 Å². The molecule has 2 atom stereocenters. The van der Waals surface area contributed by atoms with Gasteiger partial charge in [0.05, 0.1) is 22.8 Å². The van der Waals surface area contributed by atoms with Crippen molar-refractivity contribution in [3.8, 4) is 0 Å². The SMILES string of the molecule is C[C@H](/C=C/CCn1cc(CCO)nn1)[C@@]1(O)C(=O)N(C)c2ccc(N3N=C(c4ccccc4)CCC3=O)cc21. The number of carbonyl (C=O) groups excluding carboxylic acids is 2. The number of aromatic nitrogens is 3. The van der Waals surface area contributed by atoms with E-state index in [-0.39, 0.29) is 12.5 Å². The molecule has 0 fully saturated rings. The van der Waals surface area contributed by atoms with E-state index in [0.717, 1.165) is 17.0 Å². The Bertz CT molecular complexity index is 1430. The Morgan fingerprint density at radius 1 is 1.13 bits per heavy atom. The number of anilines is 2. The standard InChI is InChI=1S/C29H32N6O4/c1-20(8-6-7-16-34-19-22(15-17-36)30-32-34)29(39)24-18-23(11-13-26(24)33(2)28(29)38)35-27(37)14-12-25(31-35)21-9-4-3-5-10-21/h3-6,8-11,13,18-20,36,39H,7,12,14-17H2,1-2H3/b8-6+/t20-,29+/m1/s1. The van der Waals surface area contributed by atoms with Crippen molar-refractivity contribution in [3.05, 3.63) is 83.7 Å². The molecule has 0 radical (unpaired) electrons. The Labute approximate surface area is 226 Å². The summed E-state index contributed by atoms with van der Waals surface area (Å²) >= 11 is 0. The van der Waals surface area contributed by atoms with Gasteiger partial charge in [-0.3, -0.25) is 14.3 Å². The van der Waals surface area contributed by atoms with E-state index in [2.05, 4.69) is 15.4 Å². The third kappa shape index (κ3) is 5.00. The smallest absolute Gasteiger partial charge is 0.264 e. The number of amides is 2. The maximum Gasteiger partial charge on any atom is 0.264 e.